The maximum atomic E-state index is 6.22. The number of nitrogens with zero attached hydrogens (tertiary/aromatic N) is 1. The van der Waals surface area contributed by atoms with Crippen LogP contribution in [0.15, 0.2) is 36.4 Å². The number of benzene rings is 1. The molecule has 1 aromatic rings. The van der Waals surface area contributed by atoms with E-state index in [-0.39, 0.29) is 0 Å². The molecule has 23 heavy (non-hydrogen) atoms. The van der Waals surface area contributed by atoms with E-state index in [2.05, 4.69) is 45.1 Å². The van der Waals surface area contributed by atoms with Crippen molar-refractivity contribution >= 4 is 11.6 Å². The second-order valence-electron chi connectivity index (χ2n) is 6.56. The first-order chi connectivity index (χ1) is 11.2. The van der Waals surface area contributed by atoms with E-state index in [1.54, 1.807) is 0 Å². The average molecular weight is 337 g/mol. The predicted molar refractivity (Wildman–Crippen MR) is 104 cm³/mol. The third-order valence-corrected chi connectivity index (χ3v) is 5.40. The molecular weight excluding hydrogens is 302 g/mol. The van der Waals surface area contributed by atoms with Crippen molar-refractivity contribution < 1.29 is 4.48 Å². The second-order valence-corrected chi connectivity index (χ2v) is 6.97. The highest BCUT2D eigenvalue weighted by molar-refractivity contribution is 6.31. The Morgan fingerprint density at radius 3 is 2.26 bits per heavy atom. The Morgan fingerprint density at radius 2 is 1.61 bits per heavy atom. The Bertz CT molecular complexity index is 449. The molecule has 0 aliphatic heterocycles. The lowest BCUT2D eigenvalue weighted by molar-refractivity contribution is -0.919. The molecule has 0 spiro atoms. The molecule has 0 radical (unpaired) electrons. The molecule has 0 aliphatic rings. The van der Waals surface area contributed by atoms with E-state index in [0.29, 0.717) is 0 Å². The smallest absolute Gasteiger partial charge is 0.0973 e. The van der Waals surface area contributed by atoms with Crippen LogP contribution in [0.25, 0.3) is 0 Å². The van der Waals surface area contributed by atoms with Crippen molar-refractivity contribution in [3.05, 3.63) is 47.0 Å². The van der Waals surface area contributed by atoms with Crippen LogP contribution < -0.4 is 0 Å². The van der Waals surface area contributed by atoms with Crippen LogP contribution in [0.2, 0.25) is 5.02 Å². The van der Waals surface area contributed by atoms with Crippen molar-refractivity contribution in [2.75, 3.05) is 26.2 Å². The Labute approximate surface area is 148 Å². The van der Waals surface area contributed by atoms with Gasteiger partial charge in [-0.2, -0.15) is 0 Å². The summed E-state index contributed by atoms with van der Waals surface area (Å²) in [5.41, 5.74) is 1.22. The van der Waals surface area contributed by atoms with Gasteiger partial charge in [0, 0.05) is 5.02 Å². The van der Waals surface area contributed by atoms with E-state index in [9.17, 15) is 0 Å². The highest BCUT2D eigenvalue weighted by atomic mass is 35.5. The lowest BCUT2D eigenvalue weighted by Gasteiger charge is -2.36. The molecule has 0 N–H and O–H groups in total. The molecule has 1 rings (SSSR count). The van der Waals surface area contributed by atoms with E-state index < -0.39 is 0 Å². The summed E-state index contributed by atoms with van der Waals surface area (Å²) < 4.78 is 1.21. The van der Waals surface area contributed by atoms with Crippen LogP contribution in [0.5, 0.6) is 0 Å². The van der Waals surface area contributed by atoms with Gasteiger partial charge in [0.15, 0.2) is 0 Å². The summed E-state index contributed by atoms with van der Waals surface area (Å²) in [6.07, 6.45) is 12.4. The van der Waals surface area contributed by atoms with Gasteiger partial charge in [-0.25, -0.2) is 0 Å². The van der Waals surface area contributed by atoms with Crippen molar-refractivity contribution in [3.63, 3.8) is 0 Å². The number of likely N-dealkylation sites (N-methyl/N-ethyl adjacent to an activating group) is 1. The largest absolute Gasteiger partial charge is 0.321 e. The number of hydrogen-bond donors (Lipinski definition) is 0. The van der Waals surface area contributed by atoms with Crippen molar-refractivity contribution in [3.8, 4) is 0 Å². The van der Waals surface area contributed by atoms with Crippen LogP contribution in [0, 0.1) is 0 Å². The first kappa shape index (κ1) is 20.3. The lowest BCUT2D eigenvalue weighted by Crippen LogP contribution is -2.48. The minimum atomic E-state index is 0.875. The topological polar surface area (TPSA) is 0 Å². The summed E-state index contributed by atoms with van der Waals surface area (Å²) >= 11 is 6.22. The zero-order chi connectivity index (χ0) is 17.0. The molecule has 0 amide bonds. The van der Waals surface area contributed by atoms with E-state index in [0.717, 1.165) is 18.0 Å². The summed E-state index contributed by atoms with van der Waals surface area (Å²) in [4.78, 5) is 0. The normalized spacial score (nSPS) is 12.2. The fourth-order valence-electron chi connectivity index (χ4n) is 3.11. The Balaban J connectivity index is 2.45. The fraction of sp³-hybridized carbons (Fsp3) is 0.619. The van der Waals surface area contributed by atoms with Gasteiger partial charge >= 0.3 is 0 Å². The minimum Gasteiger partial charge on any atom is -0.321 e. The highest BCUT2D eigenvalue weighted by Crippen LogP contribution is 2.16. The molecule has 0 saturated carbocycles. The summed E-state index contributed by atoms with van der Waals surface area (Å²) in [6.45, 7) is 11.8. The van der Waals surface area contributed by atoms with Crippen LogP contribution >= 0.6 is 11.6 Å². The van der Waals surface area contributed by atoms with Crippen LogP contribution in [0.4, 0.5) is 0 Å². The molecule has 1 nitrogen and oxygen atoms in total. The van der Waals surface area contributed by atoms with Gasteiger partial charge in [-0.3, -0.25) is 0 Å². The quantitative estimate of drug-likeness (QED) is 0.240. The van der Waals surface area contributed by atoms with Crippen molar-refractivity contribution in [1.29, 1.82) is 0 Å². The Kier molecular flexibility index (Phi) is 10.3. The monoisotopic (exact) mass is 336 g/mol. The van der Waals surface area contributed by atoms with Crippen molar-refractivity contribution in [1.82, 2.24) is 0 Å². The molecule has 0 bridgehead atoms. The second kappa shape index (κ2) is 11.7. The standard InChI is InChI=1S/C21H35ClN/c1-4-7-8-9-13-18-23(5-2,6-3)19-14-12-16-20-15-10-11-17-21(20)22/h10-12,14-15,17H,4-9,13,16,18-19H2,1-3H3/q+1. The number of rotatable bonds is 12. The fourth-order valence-corrected chi connectivity index (χ4v) is 3.33. The molecule has 0 atom stereocenters. The van der Waals surface area contributed by atoms with Gasteiger partial charge < -0.3 is 4.48 Å². The number of quaternary nitrogens is 1. The van der Waals surface area contributed by atoms with Gasteiger partial charge in [0.25, 0.3) is 0 Å². The molecule has 0 heterocycles. The molecular formula is C21H35ClN+. The number of unbranched alkanes of at least 4 members (excludes halogenated alkanes) is 4. The van der Waals surface area contributed by atoms with E-state index in [1.165, 1.54) is 61.8 Å². The van der Waals surface area contributed by atoms with E-state index in [4.69, 9.17) is 11.6 Å². The van der Waals surface area contributed by atoms with Gasteiger partial charge in [0.05, 0.1) is 26.2 Å². The van der Waals surface area contributed by atoms with Crippen molar-refractivity contribution in [2.24, 2.45) is 0 Å². The SMILES string of the molecule is CCCCCCC[N+](CC)(CC)CC=CCc1ccccc1Cl. The minimum absolute atomic E-state index is 0.875. The summed E-state index contributed by atoms with van der Waals surface area (Å²) in [7, 11) is 0. The predicted octanol–water partition coefficient (Wildman–Crippen LogP) is 6.27. The lowest BCUT2D eigenvalue weighted by atomic mass is 10.1. The van der Waals surface area contributed by atoms with Gasteiger partial charge in [-0.05, 0) is 50.8 Å². The zero-order valence-electron chi connectivity index (χ0n) is 15.4. The average Bonchev–Trinajstić information content (AvgIpc) is 2.58. The molecule has 0 fully saturated rings. The van der Waals surface area contributed by atoms with Crippen LogP contribution in [0.3, 0.4) is 0 Å². The zero-order valence-corrected chi connectivity index (χ0v) is 16.1. The number of hydrogen-bond acceptors (Lipinski definition) is 0. The third kappa shape index (κ3) is 7.54. The first-order valence-corrected chi connectivity index (χ1v) is 9.78. The summed E-state index contributed by atoms with van der Waals surface area (Å²) in [5, 5.41) is 0.875. The molecule has 1 aromatic carbocycles. The molecule has 0 aliphatic carbocycles. The third-order valence-electron chi connectivity index (χ3n) is 5.03. The number of allylic oxidation sites excluding steroid dienone is 1. The van der Waals surface area contributed by atoms with Gasteiger partial charge in [-0.15, -0.1) is 0 Å². The van der Waals surface area contributed by atoms with E-state index >= 15 is 0 Å². The first-order valence-electron chi connectivity index (χ1n) is 9.41. The maximum Gasteiger partial charge on any atom is 0.0973 e. The van der Waals surface area contributed by atoms with Crippen molar-refractivity contribution in [2.45, 2.75) is 59.3 Å². The summed E-state index contributed by atoms with van der Waals surface area (Å²) in [6, 6.07) is 8.13. The van der Waals surface area contributed by atoms with Crippen LogP contribution in [0.1, 0.15) is 58.4 Å². The Morgan fingerprint density at radius 1 is 0.913 bits per heavy atom. The molecule has 0 saturated heterocycles. The number of halogens is 1. The molecule has 0 unspecified atom stereocenters. The van der Waals surface area contributed by atoms with Gasteiger partial charge in [0.1, 0.15) is 0 Å². The molecule has 130 valence electrons. The van der Waals surface area contributed by atoms with Gasteiger partial charge in [-0.1, -0.05) is 62.1 Å². The maximum absolute atomic E-state index is 6.22. The van der Waals surface area contributed by atoms with Gasteiger partial charge in [0.2, 0.25) is 0 Å². The molecule has 0 aromatic heterocycles. The van der Waals surface area contributed by atoms with E-state index in [1.807, 2.05) is 12.1 Å². The summed E-state index contributed by atoms with van der Waals surface area (Å²) in [5.74, 6) is 0. The highest BCUT2D eigenvalue weighted by Gasteiger charge is 2.20. The van der Waals surface area contributed by atoms with Crippen LogP contribution in [-0.2, 0) is 6.42 Å². The van der Waals surface area contributed by atoms with Crippen LogP contribution in [-0.4, -0.2) is 30.7 Å². The molecule has 2 heteroatoms. The Hall–Kier alpha value is -0.790.